The zero-order valence-electron chi connectivity index (χ0n) is 11.7. The van der Waals surface area contributed by atoms with Crippen LogP contribution in [0.2, 0.25) is 0 Å². The van der Waals surface area contributed by atoms with Crippen molar-refractivity contribution in [2.75, 3.05) is 19.7 Å². The van der Waals surface area contributed by atoms with Crippen LogP contribution in [0.1, 0.15) is 51.5 Å². The van der Waals surface area contributed by atoms with Crippen LogP contribution in [0.25, 0.3) is 0 Å². The van der Waals surface area contributed by atoms with Crippen molar-refractivity contribution in [2.24, 2.45) is 5.92 Å². The normalized spacial score (nSPS) is 22.3. The summed E-state index contributed by atoms with van der Waals surface area (Å²) in [5.74, 6) is 0.756. The van der Waals surface area contributed by atoms with Gasteiger partial charge in [-0.25, -0.2) is 4.98 Å². The molecule has 2 atom stereocenters. The number of nitrogens with one attached hydrogen (secondary N) is 1. The quantitative estimate of drug-likeness (QED) is 0.874. The van der Waals surface area contributed by atoms with E-state index in [-0.39, 0.29) is 6.10 Å². The van der Waals surface area contributed by atoms with Gasteiger partial charge in [0.25, 0.3) is 0 Å². The number of ether oxygens (including phenoxy) is 1. The lowest BCUT2D eigenvalue weighted by atomic mass is 10.0. The lowest BCUT2D eigenvalue weighted by Gasteiger charge is -2.26. The highest BCUT2D eigenvalue weighted by Gasteiger charge is 2.21. The molecule has 0 saturated carbocycles. The summed E-state index contributed by atoms with van der Waals surface area (Å²) >= 11 is 0. The summed E-state index contributed by atoms with van der Waals surface area (Å²) < 4.78 is 8.09. The van der Waals surface area contributed by atoms with Crippen LogP contribution in [-0.2, 0) is 4.74 Å². The molecule has 0 spiro atoms. The van der Waals surface area contributed by atoms with Crippen molar-refractivity contribution >= 4 is 0 Å². The van der Waals surface area contributed by atoms with Crippen molar-refractivity contribution in [1.29, 1.82) is 0 Å². The van der Waals surface area contributed by atoms with Crippen molar-refractivity contribution in [1.82, 2.24) is 14.9 Å². The van der Waals surface area contributed by atoms with E-state index >= 15 is 0 Å². The Morgan fingerprint density at radius 3 is 2.94 bits per heavy atom. The molecule has 4 nitrogen and oxygen atoms in total. The van der Waals surface area contributed by atoms with E-state index in [1.54, 1.807) is 0 Å². The molecule has 0 bridgehead atoms. The van der Waals surface area contributed by atoms with E-state index in [9.17, 15) is 0 Å². The van der Waals surface area contributed by atoms with E-state index in [1.807, 2.05) is 12.5 Å². The third-order valence-corrected chi connectivity index (χ3v) is 3.59. The summed E-state index contributed by atoms with van der Waals surface area (Å²) in [7, 11) is 0. The maximum Gasteiger partial charge on any atom is 0.111 e. The third-order valence-electron chi connectivity index (χ3n) is 3.59. The summed E-state index contributed by atoms with van der Waals surface area (Å²) in [5.41, 5.74) is 1.21. The Bertz CT molecular complexity index is 356. The summed E-state index contributed by atoms with van der Waals surface area (Å²) in [5, 5.41) is 3.37. The van der Waals surface area contributed by atoms with Crippen LogP contribution in [0.15, 0.2) is 12.5 Å². The van der Waals surface area contributed by atoms with Gasteiger partial charge in [-0.1, -0.05) is 13.8 Å². The van der Waals surface area contributed by atoms with Crippen LogP contribution in [0.3, 0.4) is 0 Å². The van der Waals surface area contributed by atoms with E-state index in [0.29, 0.717) is 6.04 Å². The first-order valence-electron chi connectivity index (χ1n) is 7.02. The molecule has 0 amide bonds. The first-order chi connectivity index (χ1) is 8.68. The largest absolute Gasteiger partial charge is 0.369 e. The Hall–Kier alpha value is -0.870. The number of morpholine rings is 1. The van der Waals surface area contributed by atoms with Crippen molar-refractivity contribution in [3.63, 3.8) is 0 Å². The van der Waals surface area contributed by atoms with Gasteiger partial charge in [0, 0.05) is 19.1 Å². The van der Waals surface area contributed by atoms with Crippen molar-refractivity contribution in [2.45, 2.75) is 45.8 Å². The fraction of sp³-hybridized carbons (Fsp3) is 0.786. The molecule has 1 aromatic heterocycles. The number of rotatable bonds is 5. The Labute approximate surface area is 110 Å². The maximum atomic E-state index is 5.82. The molecule has 1 aromatic rings. The van der Waals surface area contributed by atoms with Crippen LogP contribution in [-0.4, -0.2) is 29.2 Å². The zero-order chi connectivity index (χ0) is 13.0. The lowest BCUT2D eigenvalue weighted by Crippen LogP contribution is -2.34. The SMILES string of the molecule is CC(C)CCC(C)n1cncc1C1CNCCO1. The average Bonchev–Trinajstić information content (AvgIpc) is 2.86. The highest BCUT2D eigenvalue weighted by atomic mass is 16.5. The van der Waals surface area contributed by atoms with E-state index < -0.39 is 0 Å². The van der Waals surface area contributed by atoms with Gasteiger partial charge >= 0.3 is 0 Å². The van der Waals surface area contributed by atoms with Gasteiger partial charge in [0.1, 0.15) is 6.10 Å². The highest BCUT2D eigenvalue weighted by Crippen LogP contribution is 2.24. The average molecular weight is 251 g/mol. The van der Waals surface area contributed by atoms with Gasteiger partial charge < -0.3 is 14.6 Å². The van der Waals surface area contributed by atoms with Gasteiger partial charge in [-0.15, -0.1) is 0 Å². The summed E-state index contributed by atoms with van der Waals surface area (Å²) in [6, 6.07) is 0.496. The molecular weight excluding hydrogens is 226 g/mol. The maximum absolute atomic E-state index is 5.82. The minimum absolute atomic E-state index is 0.155. The Morgan fingerprint density at radius 2 is 2.28 bits per heavy atom. The highest BCUT2D eigenvalue weighted by molar-refractivity contribution is 5.06. The number of hydrogen-bond donors (Lipinski definition) is 1. The van der Waals surface area contributed by atoms with E-state index in [4.69, 9.17) is 4.74 Å². The standard InChI is InChI=1S/C14H25N3O/c1-11(2)4-5-12(3)17-10-16-8-13(17)14-9-15-6-7-18-14/h8,10-12,14-15H,4-7,9H2,1-3H3. The first kappa shape index (κ1) is 13.6. The Morgan fingerprint density at radius 1 is 1.44 bits per heavy atom. The van der Waals surface area contributed by atoms with Crippen LogP contribution < -0.4 is 5.32 Å². The first-order valence-corrected chi connectivity index (χ1v) is 7.02. The number of imidazole rings is 1. The zero-order valence-corrected chi connectivity index (χ0v) is 11.7. The second-order valence-electron chi connectivity index (χ2n) is 5.61. The minimum atomic E-state index is 0.155. The summed E-state index contributed by atoms with van der Waals surface area (Å²) in [6.45, 7) is 9.45. The number of nitrogens with zero attached hydrogens (tertiary/aromatic N) is 2. The molecule has 0 radical (unpaired) electrons. The number of hydrogen-bond acceptors (Lipinski definition) is 3. The fourth-order valence-electron chi connectivity index (χ4n) is 2.40. The van der Waals surface area contributed by atoms with Crippen LogP contribution in [0, 0.1) is 5.92 Å². The molecular formula is C14H25N3O. The molecule has 1 fully saturated rings. The van der Waals surface area contributed by atoms with Gasteiger partial charge in [0.05, 0.1) is 24.8 Å². The molecule has 1 N–H and O–H groups in total. The van der Waals surface area contributed by atoms with E-state index in [1.165, 1.54) is 18.5 Å². The van der Waals surface area contributed by atoms with Crippen molar-refractivity contribution in [3.05, 3.63) is 18.2 Å². The second kappa shape index (κ2) is 6.34. The molecule has 0 aliphatic carbocycles. The molecule has 1 aliphatic rings. The molecule has 1 aliphatic heterocycles. The molecule has 0 aromatic carbocycles. The van der Waals surface area contributed by atoms with Crippen molar-refractivity contribution in [3.8, 4) is 0 Å². The predicted octanol–water partition coefficient (Wildman–Crippen LogP) is 2.54. The van der Waals surface area contributed by atoms with Gasteiger partial charge in [-0.05, 0) is 25.7 Å². The smallest absolute Gasteiger partial charge is 0.111 e. The van der Waals surface area contributed by atoms with Gasteiger partial charge in [-0.3, -0.25) is 0 Å². The van der Waals surface area contributed by atoms with Gasteiger partial charge in [0.15, 0.2) is 0 Å². The second-order valence-corrected chi connectivity index (χ2v) is 5.61. The topological polar surface area (TPSA) is 39.1 Å². The van der Waals surface area contributed by atoms with Crippen LogP contribution in [0.4, 0.5) is 0 Å². The molecule has 2 unspecified atom stereocenters. The number of aromatic nitrogens is 2. The van der Waals surface area contributed by atoms with Gasteiger partial charge in [-0.2, -0.15) is 0 Å². The fourth-order valence-corrected chi connectivity index (χ4v) is 2.40. The predicted molar refractivity (Wildman–Crippen MR) is 72.6 cm³/mol. The molecule has 102 valence electrons. The molecule has 1 saturated heterocycles. The van der Waals surface area contributed by atoms with Gasteiger partial charge in [0.2, 0.25) is 0 Å². The van der Waals surface area contributed by atoms with Crippen molar-refractivity contribution < 1.29 is 4.74 Å². The minimum Gasteiger partial charge on any atom is -0.369 e. The Kier molecular flexibility index (Phi) is 4.78. The van der Waals surface area contributed by atoms with Crippen LogP contribution >= 0.6 is 0 Å². The van der Waals surface area contributed by atoms with E-state index in [0.717, 1.165) is 25.6 Å². The molecule has 2 heterocycles. The third kappa shape index (κ3) is 3.33. The molecule has 18 heavy (non-hydrogen) atoms. The Balaban J connectivity index is 2.01. The van der Waals surface area contributed by atoms with Crippen LogP contribution in [0.5, 0.6) is 0 Å². The molecule has 4 heteroatoms. The van der Waals surface area contributed by atoms with E-state index in [2.05, 4.69) is 35.6 Å². The summed E-state index contributed by atoms with van der Waals surface area (Å²) in [6.07, 6.45) is 6.49. The summed E-state index contributed by atoms with van der Waals surface area (Å²) in [4.78, 5) is 4.30. The monoisotopic (exact) mass is 251 g/mol. The molecule has 2 rings (SSSR count). The lowest BCUT2D eigenvalue weighted by molar-refractivity contribution is 0.0219.